The van der Waals surface area contributed by atoms with E-state index in [1.165, 1.54) is 0 Å². The highest BCUT2D eigenvalue weighted by molar-refractivity contribution is 5.94. The van der Waals surface area contributed by atoms with Gasteiger partial charge in [0.15, 0.2) is 0 Å². The molecule has 6 nitrogen and oxygen atoms in total. The lowest BCUT2D eigenvalue weighted by molar-refractivity contribution is 0.0947. The minimum atomic E-state index is -0.202. The number of nitrogens with one attached hydrogen (secondary N) is 1. The van der Waals surface area contributed by atoms with E-state index in [0.717, 1.165) is 11.1 Å². The third-order valence-electron chi connectivity index (χ3n) is 4.01. The molecule has 0 bridgehead atoms. The first-order chi connectivity index (χ1) is 13.3. The van der Waals surface area contributed by atoms with E-state index < -0.39 is 0 Å². The zero-order valence-corrected chi connectivity index (χ0v) is 14.4. The number of aromatic nitrogens is 3. The SMILES string of the molecule is O=C(NCc1nnc(-c2ccccn2)o1)c1ccc(-c2ccccc2)cc1. The Kier molecular flexibility index (Phi) is 4.70. The van der Waals surface area contributed by atoms with Gasteiger partial charge in [0.2, 0.25) is 5.89 Å². The maximum Gasteiger partial charge on any atom is 0.266 e. The predicted molar refractivity (Wildman–Crippen MR) is 101 cm³/mol. The summed E-state index contributed by atoms with van der Waals surface area (Å²) in [5.74, 6) is 0.448. The summed E-state index contributed by atoms with van der Waals surface area (Å²) in [7, 11) is 0. The molecule has 132 valence electrons. The van der Waals surface area contributed by atoms with Crippen LogP contribution in [0.2, 0.25) is 0 Å². The molecule has 0 radical (unpaired) electrons. The molecule has 4 rings (SSSR count). The van der Waals surface area contributed by atoms with Gasteiger partial charge in [0.05, 0.1) is 6.54 Å². The van der Waals surface area contributed by atoms with Gasteiger partial charge in [-0.3, -0.25) is 9.78 Å². The van der Waals surface area contributed by atoms with Crippen molar-refractivity contribution in [3.63, 3.8) is 0 Å². The average Bonchev–Trinajstić information content (AvgIpc) is 3.22. The van der Waals surface area contributed by atoms with Crippen LogP contribution < -0.4 is 5.32 Å². The normalized spacial score (nSPS) is 10.5. The number of carbonyl (C=O) groups is 1. The summed E-state index contributed by atoms with van der Waals surface area (Å²) >= 11 is 0. The van der Waals surface area contributed by atoms with Crippen LogP contribution in [0.4, 0.5) is 0 Å². The smallest absolute Gasteiger partial charge is 0.266 e. The molecule has 6 heteroatoms. The summed E-state index contributed by atoms with van der Waals surface area (Å²) < 4.78 is 5.53. The molecule has 0 aliphatic rings. The van der Waals surface area contributed by atoms with Crippen molar-refractivity contribution < 1.29 is 9.21 Å². The molecule has 0 aliphatic carbocycles. The van der Waals surface area contributed by atoms with Gasteiger partial charge in [0, 0.05) is 11.8 Å². The fraction of sp³-hybridized carbons (Fsp3) is 0.0476. The van der Waals surface area contributed by atoms with Crippen LogP contribution in [-0.2, 0) is 6.54 Å². The quantitative estimate of drug-likeness (QED) is 0.589. The van der Waals surface area contributed by atoms with Crippen LogP contribution in [-0.4, -0.2) is 21.1 Å². The first-order valence-electron chi connectivity index (χ1n) is 8.47. The van der Waals surface area contributed by atoms with Crippen LogP contribution in [0, 0.1) is 0 Å². The van der Waals surface area contributed by atoms with Crippen molar-refractivity contribution >= 4 is 5.91 Å². The molecule has 27 heavy (non-hydrogen) atoms. The highest BCUT2D eigenvalue weighted by atomic mass is 16.4. The number of benzene rings is 2. The number of pyridine rings is 1. The summed E-state index contributed by atoms with van der Waals surface area (Å²) in [5, 5.41) is 10.7. The highest BCUT2D eigenvalue weighted by Gasteiger charge is 2.11. The van der Waals surface area contributed by atoms with E-state index in [2.05, 4.69) is 20.5 Å². The lowest BCUT2D eigenvalue weighted by atomic mass is 10.0. The number of carbonyl (C=O) groups excluding carboxylic acids is 1. The summed E-state index contributed by atoms with van der Waals surface area (Å²) in [6.07, 6.45) is 1.65. The van der Waals surface area contributed by atoms with Crippen LogP contribution in [0.1, 0.15) is 16.2 Å². The molecule has 2 aromatic carbocycles. The van der Waals surface area contributed by atoms with Gasteiger partial charge in [-0.05, 0) is 35.4 Å². The molecule has 0 saturated heterocycles. The van der Waals surface area contributed by atoms with E-state index in [4.69, 9.17) is 4.42 Å². The van der Waals surface area contributed by atoms with Gasteiger partial charge in [0.25, 0.3) is 11.8 Å². The Labute approximate surface area is 155 Å². The first kappa shape index (κ1) is 16.7. The lowest BCUT2D eigenvalue weighted by Crippen LogP contribution is -2.22. The molecule has 4 aromatic rings. The zero-order chi connectivity index (χ0) is 18.5. The largest absolute Gasteiger partial charge is 0.417 e. The van der Waals surface area contributed by atoms with Crippen LogP contribution in [0.25, 0.3) is 22.7 Å². The topological polar surface area (TPSA) is 80.9 Å². The first-order valence-corrected chi connectivity index (χ1v) is 8.47. The van der Waals surface area contributed by atoms with Crippen LogP contribution in [0.5, 0.6) is 0 Å². The van der Waals surface area contributed by atoms with E-state index in [9.17, 15) is 4.79 Å². The van der Waals surface area contributed by atoms with Crippen molar-refractivity contribution in [2.24, 2.45) is 0 Å². The van der Waals surface area contributed by atoms with Gasteiger partial charge in [0.1, 0.15) is 5.69 Å². The Morgan fingerprint density at radius 2 is 1.59 bits per heavy atom. The molecule has 0 unspecified atom stereocenters. The summed E-state index contributed by atoms with van der Waals surface area (Å²) in [6.45, 7) is 0.152. The third-order valence-corrected chi connectivity index (χ3v) is 4.01. The second-order valence-electron chi connectivity index (χ2n) is 5.84. The Balaban J connectivity index is 1.39. The van der Waals surface area contributed by atoms with E-state index in [1.807, 2.05) is 54.6 Å². The average molecular weight is 356 g/mol. The van der Waals surface area contributed by atoms with E-state index in [-0.39, 0.29) is 12.5 Å². The minimum Gasteiger partial charge on any atom is -0.417 e. The van der Waals surface area contributed by atoms with Gasteiger partial charge in [-0.15, -0.1) is 10.2 Å². The number of amides is 1. The van der Waals surface area contributed by atoms with Gasteiger partial charge >= 0.3 is 0 Å². The molecule has 0 atom stereocenters. The third kappa shape index (κ3) is 3.90. The Hall–Kier alpha value is -3.80. The fourth-order valence-corrected chi connectivity index (χ4v) is 2.62. The zero-order valence-electron chi connectivity index (χ0n) is 14.4. The molecule has 1 N–H and O–H groups in total. The van der Waals surface area contributed by atoms with Crippen LogP contribution in [0.3, 0.4) is 0 Å². The van der Waals surface area contributed by atoms with Gasteiger partial charge in [-0.2, -0.15) is 0 Å². The Morgan fingerprint density at radius 3 is 2.33 bits per heavy atom. The van der Waals surface area contributed by atoms with Crippen LogP contribution in [0.15, 0.2) is 83.4 Å². The molecule has 2 heterocycles. The number of nitrogens with zero attached hydrogens (tertiary/aromatic N) is 3. The molecule has 2 aromatic heterocycles. The van der Waals surface area contributed by atoms with Crippen molar-refractivity contribution in [2.75, 3.05) is 0 Å². The van der Waals surface area contributed by atoms with Gasteiger partial charge in [-0.25, -0.2) is 0 Å². The number of rotatable bonds is 5. The van der Waals surface area contributed by atoms with E-state index in [0.29, 0.717) is 23.0 Å². The molecular formula is C21H16N4O2. The second kappa shape index (κ2) is 7.61. The standard InChI is InChI=1S/C21H16N4O2/c26-20(17-11-9-16(10-12-17)15-6-2-1-3-7-15)23-14-19-24-25-21(27-19)18-8-4-5-13-22-18/h1-13H,14H2,(H,23,26). The maximum absolute atomic E-state index is 12.3. The fourth-order valence-electron chi connectivity index (χ4n) is 2.62. The molecule has 0 fully saturated rings. The van der Waals surface area contributed by atoms with Crippen molar-refractivity contribution in [3.8, 4) is 22.7 Å². The number of hydrogen-bond donors (Lipinski definition) is 1. The molecule has 0 saturated carbocycles. The van der Waals surface area contributed by atoms with Crippen molar-refractivity contribution in [3.05, 3.63) is 90.4 Å². The molecule has 1 amide bonds. The van der Waals surface area contributed by atoms with Crippen LogP contribution >= 0.6 is 0 Å². The maximum atomic E-state index is 12.3. The van der Waals surface area contributed by atoms with Gasteiger partial charge < -0.3 is 9.73 Å². The predicted octanol–water partition coefficient (Wildman–Crippen LogP) is 3.73. The summed E-state index contributed by atoms with van der Waals surface area (Å²) in [4.78, 5) is 16.5. The second-order valence-corrected chi connectivity index (χ2v) is 5.84. The molecule has 0 aliphatic heterocycles. The Morgan fingerprint density at radius 1 is 0.852 bits per heavy atom. The Bertz CT molecular complexity index is 1030. The van der Waals surface area contributed by atoms with Crippen molar-refractivity contribution in [1.29, 1.82) is 0 Å². The summed E-state index contributed by atoms with van der Waals surface area (Å²) in [6, 6.07) is 22.9. The van der Waals surface area contributed by atoms with Crippen molar-refractivity contribution in [2.45, 2.75) is 6.54 Å². The summed E-state index contributed by atoms with van der Waals surface area (Å²) in [5.41, 5.74) is 3.33. The monoisotopic (exact) mass is 356 g/mol. The number of hydrogen-bond acceptors (Lipinski definition) is 5. The molecule has 0 spiro atoms. The minimum absolute atomic E-state index is 0.152. The molecular weight excluding hydrogens is 340 g/mol. The van der Waals surface area contributed by atoms with E-state index >= 15 is 0 Å². The van der Waals surface area contributed by atoms with E-state index in [1.54, 1.807) is 24.4 Å². The highest BCUT2D eigenvalue weighted by Crippen LogP contribution is 2.19. The van der Waals surface area contributed by atoms with Gasteiger partial charge in [-0.1, -0.05) is 48.5 Å². The lowest BCUT2D eigenvalue weighted by Gasteiger charge is -2.05. The van der Waals surface area contributed by atoms with Crippen molar-refractivity contribution in [1.82, 2.24) is 20.5 Å².